The maximum Gasteiger partial charge on any atom is 0.220 e. The molecule has 1 aromatic rings. The minimum atomic E-state index is -3.32. The molecule has 0 aliphatic carbocycles. The second-order valence-corrected chi connectivity index (χ2v) is 7.63. The molecule has 2 N–H and O–H groups in total. The van der Waals surface area contributed by atoms with E-state index in [0.29, 0.717) is 31.4 Å². The second kappa shape index (κ2) is 5.38. The van der Waals surface area contributed by atoms with E-state index in [1.165, 1.54) is 18.2 Å². The first kappa shape index (κ1) is 14.5. The van der Waals surface area contributed by atoms with Gasteiger partial charge < -0.3 is 10.6 Å². The minimum Gasteiger partial charge on any atom is -0.355 e. The molecule has 21 heavy (non-hydrogen) atoms. The summed E-state index contributed by atoms with van der Waals surface area (Å²) in [6, 6.07) is 3.71. The summed E-state index contributed by atoms with van der Waals surface area (Å²) in [4.78, 5) is 11.4. The number of benzene rings is 1. The predicted octanol–water partition coefficient (Wildman–Crippen LogP) is 0.912. The average Bonchev–Trinajstić information content (AvgIpc) is 2.44. The Kier molecular flexibility index (Phi) is 3.71. The highest BCUT2D eigenvalue weighted by atomic mass is 32.2. The number of halogens is 1. The third-order valence-electron chi connectivity index (χ3n) is 4.06. The number of rotatable bonds is 2. The molecular weight excluding hydrogens is 295 g/mol. The van der Waals surface area contributed by atoms with Crippen molar-refractivity contribution in [2.24, 2.45) is 0 Å². The fraction of sp³-hybridized carbons (Fsp3) is 0.500. The molecule has 1 amide bonds. The van der Waals surface area contributed by atoms with Crippen molar-refractivity contribution in [2.45, 2.75) is 36.2 Å². The molecule has 2 atom stereocenters. The number of carbonyl (C=O) groups excluding carboxylic acids is 1. The number of piperidine rings is 1. The summed E-state index contributed by atoms with van der Waals surface area (Å²) in [5, 5.41) is 6.13. The molecule has 114 valence electrons. The summed E-state index contributed by atoms with van der Waals surface area (Å²) in [7, 11) is -3.32. The van der Waals surface area contributed by atoms with E-state index >= 15 is 0 Å². The number of hydrogen-bond acceptors (Lipinski definition) is 4. The molecule has 1 fully saturated rings. The van der Waals surface area contributed by atoms with Crippen molar-refractivity contribution in [1.82, 2.24) is 10.6 Å². The third kappa shape index (κ3) is 2.94. The topological polar surface area (TPSA) is 75.3 Å². The molecule has 0 radical (unpaired) electrons. The van der Waals surface area contributed by atoms with E-state index < -0.39 is 15.7 Å². The summed E-state index contributed by atoms with van der Waals surface area (Å²) in [5.41, 5.74) is 0.498. The van der Waals surface area contributed by atoms with Crippen LogP contribution in [0.15, 0.2) is 23.1 Å². The Morgan fingerprint density at radius 2 is 2.10 bits per heavy atom. The van der Waals surface area contributed by atoms with Crippen molar-refractivity contribution in [3.8, 4) is 0 Å². The Labute approximate surface area is 122 Å². The zero-order valence-corrected chi connectivity index (χ0v) is 12.2. The molecule has 7 heteroatoms. The van der Waals surface area contributed by atoms with Crippen LogP contribution >= 0.6 is 0 Å². The molecule has 2 unspecified atom stereocenters. The van der Waals surface area contributed by atoms with Gasteiger partial charge in [-0.25, -0.2) is 12.8 Å². The van der Waals surface area contributed by atoms with Gasteiger partial charge in [0.05, 0.1) is 10.6 Å². The number of nitrogens with one attached hydrogen (secondary N) is 2. The molecule has 1 saturated heterocycles. The molecule has 2 aliphatic heterocycles. The van der Waals surface area contributed by atoms with Crippen LogP contribution in [-0.4, -0.2) is 32.7 Å². The van der Waals surface area contributed by atoms with Crippen LogP contribution in [0.5, 0.6) is 0 Å². The lowest BCUT2D eigenvalue weighted by atomic mass is 10.00. The van der Waals surface area contributed by atoms with Gasteiger partial charge in [0.1, 0.15) is 5.82 Å². The van der Waals surface area contributed by atoms with E-state index in [-0.39, 0.29) is 28.6 Å². The maximum absolute atomic E-state index is 13.5. The van der Waals surface area contributed by atoms with Crippen LogP contribution in [0.4, 0.5) is 4.39 Å². The van der Waals surface area contributed by atoms with Gasteiger partial charge in [-0.3, -0.25) is 4.79 Å². The summed E-state index contributed by atoms with van der Waals surface area (Å²) < 4.78 is 37.6. The monoisotopic (exact) mass is 312 g/mol. The van der Waals surface area contributed by atoms with Crippen molar-refractivity contribution in [3.05, 3.63) is 29.6 Å². The Bertz CT molecular complexity index is 665. The number of fused-ring (bicyclic) bond motifs is 1. The van der Waals surface area contributed by atoms with Gasteiger partial charge in [0.2, 0.25) is 5.91 Å². The van der Waals surface area contributed by atoms with Gasteiger partial charge >= 0.3 is 0 Å². The standard InChI is InChI=1S/C14H17FN2O3S/c15-9-1-3-13-11(7-9)12(5-6-21(13,19)20)17-10-2-4-14(18)16-8-10/h1,3,7,10,12,17H,2,4-6,8H2,(H,16,18). The first-order chi connectivity index (χ1) is 9.95. The lowest BCUT2D eigenvalue weighted by Gasteiger charge is -2.32. The van der Waals surface area contributed by atoms with Gasteiger partial charge in [-0.15, -0.1) is 0 Å². The van der Waals surface area contributed by atoms with Crippen molar-refractivity contribution in [2.75, 3.05) is 12.3 Å². The van der Waals surface area contributed by atoms with Crippen LogP contribution < -0.4 is 10.6 Å². The largest absolute Gasteiger partial charge is 0.355 e. The lowest BCUT2D eigenvalue weighted by Crippen LogP contribution is -2.47. The molecule has 0 saturated carbocycles. The smallest absolute Gasteiger partial charge is 0.220 e. The molecule has 2 heterocycles. The average molecular weight is 312 g/mol. The predicted molar refractivity (Wildman–Crippen MR) is 75.0 cm³/mol. The normalized spacial score (nSPS) is 27.8. The first-order valence-corrected chi connectivity index (χ1v) is 8.66. The van der Waals surface area contributed by atoms with Crippen LogP contribution in [0.1, 0.15) is 30.9 Å². The molecule has 5 nitrogen and oxygen atoms in total. The summed E-state index contributed by atoms with van der Waals surface area (Å²) in [6.07, 6.45) is 1.58. The second-order valence-electron chi connectivity index (χ2n) is 5.55. The van der Waals surface area contributed by atoms with Crippen LogP contribution in [0.3, 0.4) is 0 Å². The zero-order chi connectivity index (χ0) is 15.0. The van der Waals surface area contributed by atoms with Crippen molar-refractivity contribution in [1.29, 1.82) is 0 Å². The molecule has 0 aromatic heterocycles. The lowest BCUT2D eigenvalue weighted by molar-refractivity contribution is -0.122. The van der Waals surface area contributed by atoms with E-state index in [1.54, 1.807) is 0 Å². The molecule has 0 bridgehead atoms. The molecule has 0 spiro atoms. The number of amides is 1. The van der Waals surface area contributed by atoms with Crippen molar-refractivity contribution >= 4 is 15.7 Å². The van der Waals surface area contributed by atoms with E-state index in [0.717, 1.165) is 0 Å². The third-order valence-corrected chi connectivity index (χ3v) is 5.88. The molecule has 3 rings (SSSR count). The Balaban J connectivity index is 1.84. The summed E-state index contributed by atoms with van der Waals surface area (Å²) >= 11 is 0. The van der Waals surface area contributed by atoms with Gasteiger partial charge in [0, 0.05) is 25.0 Å². The molecular formula is C14H17FN2O3S. The van der Waals surface area contributed by atoms with Gasteiger partial charge in [0.25, 0.3) is 0 Å². The zero-order valence-electron chi connectivity index (χ0n) is 11.4. The quantitative estimate of drug-likeness (QED) is 0.796. The first-order valence-electron chi connectivity index (χ1n) is 7.01. The van der Waals surface area contributed by atoms with E-state index in [1.807, 2.05) is 0 Å². The van der Waals surface area contributed by atoms with Crippen LogP contribution in [-0.2, 0) is 14.6 Å². The van der Waals surface area contributed by atoms with Crippen LogP contribution in [0.2, 0.25) is 0 Å². The summed E-state index contributed by atoms with van der Waals surface area (Å²) in [6.45, 7) is 0.521. The van der Waals surface area contributed by atoms with E-state index in [9.17, 15) is 17.6 Å². The Morgan fingerprint density at radius 3 is 2.81 bits per heavy atom. The van der Waals surface area contributed by atoms with E-state index in [2.05, 4.69) is 10.6 Å². The van der Waals surface area contributed by atoms with Gasteiger partial charge in [0.15, 0.2) is 9.84 Å². The summed E-state index contributed by atoms with van der Waals surface area (Å²) in [5.74, 6) is -0.345. The highest BCUT2D eigenvalue weighted by molar-refractivity contribution is 7.91. The highest BCUT2D eigenvalue weighted by Crippen LogP contribution is 2.33. The number of carbonyl (C=O) groups is 1. The fourth-order valence-electron chi connectivity index (χ4n) is 2.95. The van der Waals surface area contributed by atoms with Gasteiger partial charge in [-0.2, -0.15) is 0 Å². The fourth-order valence-corrected chi connectivity index (χ4v) is 4.55. The number of sulfone groups is 1. The van der Waals surface area contributed by atoms with Crippen molar-refractivity contribution < 1.29 is 17.6 Å². The van der Waals surface area contributed by atoms with Crippen molar-refractivity contribution in [3.63, 3.8) is 0 Å². The maximum atomic E-state index is 13.5. The minimum absolute atomic E-state index is 0.0331. The Hall–Kier alpha value is -1.47. The van der Waals surface area contributed by atoms with E-state index in [4.69, 9.17) is 0 Å². The highest BCUT2D eigenvalue weighted by Gasteiger charge is 2.32. The van der Waals surface area contributed by atoms with Gasteiger partial charge in [-0.1, -0.05) is 0 Å². The molecule has 2 aliphatic rings. The Morgan fingerprint density at radius 1 is 1.29 bits per heavy atom. The van der Waals surface area contributed by atoms with Gasteiger partial charge in [-0.05, 0) is 36.6 Å². The van der Waals surface area contributed by atoms with Crippen LogP contribution in [0, 0.1) is 5.82 Å². The number of hydrogen-bond donors (Lipinski definition) is 2. The van der Waals surface area contributed by atoms with Crippen LogP contribution in [0.25, 0.3) is 0 Å². The SMILES string of the molecule is O=C1CCC(NC2CCS(=O)(=O)c3ccc(F)cc32)CN1. The molecule has 1 aromatic carbocycles.